The van der Waals surface area contributed by atoms with Crippen LogP contribution < -0.4 is 10.1 Å². The van der Waals surface area contributed by atoms with Gasteiger partial charge in [-0.25, -0.2) is 9.38 Å². The third-order valence-electron chi connectivity index (χ3n) is 5.38. The van der Waals surface area contributed by atoms with Crippen LogP contribution >= 0.6 is 24.0 Å². The van der Waals surface area contributed by atoms with Crippen LogP contribution in [0.2, 0.25) is 0 Å². The number of aromatic nitrogens is 1. The van der Waals surface area contributed by atoms with E-state index in [0.717, 1.165) is 50.6 Å². The van der Waals surface area contributed by atoms with Crippen molar-refractivity contribution < 1.29 is 18.6 Å². The number of rotatable bonds is 6. The van der Waals surface area contributed by atoms with Crippen molar-refractivity contribution in [2.75, 3.05) is 32.8 Å². The lowest BCUT2D eigenvalue weighted by Gasteiger charge is -2.37. The molecule has 2 atom stereocenters. The third kappa shape index (κ3) is 6.52. The summed E-state index contributed by atoms with van der Waals surface area (Å²) in [5.74, 6) is 1.05. The zero-order chi connectivity index (χ0) is 21.5. The normalized spacial score (nSPS) is 21.2. The maximum absolute atomic E-state index is 14.5. The Morgan fingerprint density at radius 3 is 2.88 bits per heavy atom. The Labute approximate surface area is 205 Å². The van der Waals surface area contributed by atoms with Gasteiger partial charge in [-0.1, -0.05) is 6.07 Å². The van der Waals surface area contributed by atoms with Crippen LogP contribution in [0.3, 0.4) is 0 Å². The highest BCUT2D eigenvalue weighted by Crippen LogP contribution is 2.25. The Morgan fingerprint density at radius 2 is 2.16 bits per heavy atom. The van der Waals surface area contributed by atoms with E-state index in [4.69, 9.17) is 19.2 Å². The fourth-order valence-electron chi connectivity index (χ4n) is 3.84. The minimum Gasteiger partial charge on any atom is -0.453 e. The Hall–Kier alpha value is -1.98. The van der Waals surface area contributed by atoms with Crippen LogP contribution in [0.1, 0.15) is 25.3 Å². The number of hydrogen-bond donors (Lipinski definition) is 1. The summed E-state index contributed by atoms with van der Waals surface area (Å²) in [6, 6.07) is 8.40. The molecular weight excluding hydrogens is 526 g/mol. The van der Waals surface area contributed by atoms with Crippen LogP contribution in [-0.2, 0) is 16.0 Å². The van der Waals surface area contributed by atoms with Crippen LogP contribution in [0, 0.1) is 5.82 Å². The highest BCUT2D eigenvalue weighted by Gasteiger charge is 2.32. The summed E-state index contributed by atoms with van der Waals surface area (Å²) in [7, 11) is 0. The van der Waals surface area contributed by atoms with Gasteiger partial charge in [0.25, 0.3) is 0 Å². The number of morpholine rings is 1. The van der Waals surface area contributed by atoms with Gasteiger partial charge in [0.05, 0.1) is 25.5 Å². The van der Waals surface area contributed by atoms with Gasteiger partial charge in [0, 0.05) is 32.4 Å². The number of guanidine groups is 1. The van der Waals surface area contributed by atoms with Gasteiger partial charge in [0.1, 0.15) is 11.9 Å². The molecule has 0 amide bonds. The van der Waals surface area contributed by atoms with Crippen LogP contribution in [0.4, 0.5) is 4.39 Å². The molecule has 174 valence electrons. The Balaban J connectivity index is 0.00000289. The van der Waals surface area contributed by atoms with Crippen LogP contribution in [-0.4, -0.2) is 60.9 Å². The Kier molecular flexibility index (Phi) is 9.49. The number of benzene rings is 1. The number of halogens is 2. The predicted octanol–water partition coefficient (Wildman–Crippen LogP) is 3.98. The van der Waals surface area contributed by atoms with Crippen molar-refractivity contribution in [1.82, 2.24) is 15.2 Å². The molecule has 0 bridgehead atoms. The molecule has 0 radical (unpaired) electrons. The van der Waals surface area contributed by atoms with Crippen molar-refractivity contribution in [3.05, 3.63) is 54.1 Å². The molecule has 2 aliphatic rings. The summed E-state index contributed by atoms with van der Waals surface area (Å²) in [4.78, 5) is 10.9. The van der Waals surface area contributed by atoms with Crippen molar-refractivity contribution in [3.63, 3.8) is 0 Å². The molecule has 1 aromatic carbocycles. The quantitative estimate of drug-likeness (QED) is 0.330. The molecule has 0 aliphatic carbocycles. The molecule has 2 unspecified atom stereocenters. The fraction of sp³-hybridized carbons (Fsp3) is 0.478. The molecule has 3 heterocycles. The first-order valence-corrected chi connectivity index (χ1v) is 10.9. The lowest BCUT2D eigenvalue weighted by atomic mass is 10.1. The molecule has 4 rings (SSSR count). The van der Waals surface area contributed by atoms with Crippen molar-refractivity contribution in [2.24, 2.45) is 4.99 Å². The van der Waals surface area contributed by atoms with Crippen LogP contribution in [0.25, 0.3) is 0 Å². The number of ether oxygens (including phenoxy) is 3. The van der Waals surface area contributed by atoms with Crippen molar-refractivity contribution in [3.8, 4) is 11.5 Å². The topological polar surface area (TPSA) is 68.2 Å². The number of hydrogen-bond acceptors (Lipinski definition) is 5. The van der Waals surface area contributed by atoms with E-state index in [0.29, 0.717) is 18.9 Å². The van der Waals surface area contributed by atoms with Gasteiger partial charge < -0.3 is 24.4 Å². The molecule has 2 fully saturated rings. The summed E-state index contributed by atoms with van der Waals surface area (Å²) in [6.45, 7) is 6.12. The molecule has 2 aromatic rings. The van der Waals surface area contributed by atoms with E-state index in [1.807, 2.05) is 13.0 Å². The summed E-state index contributed by atoms with van der Waals surface area (Å²) in [5, 5.41) is 3.35. The zero-order valence-electron chi connectivity index (χ0n) is 18.2. The fourth-order valence-corrected chi connectivity index (χ4v) is 3.84. The molecule has 7 nitrogen and oxygen atoms in total. The van der Waals surface area contributed by atoms with Crippen molar-refractivity contribution >= 4 is 29.9 Å². The lowest BCUT2D eigenvalue weighted by Crippen LogP contribution is -2.53. The van der Waals surface area contributed by atoms with E-state index in [1.165, 1.54) is 6.07 Å². The average Bonchev–Trinajstić information content (AvgIpc) is 3.34. The molecule has 1 aromatic heterocycles. The first kappa shape index (κ1) is 24.7. The Morgan fingerprint density at radius 1 is 1.28 bits per heavy atom. The second kappa shape index (κ2) is 12.3. The highest BCUT2D eigenvalue weighted by atomic mass is 127. The predicted molar refractivity (Wildman–Crippen MR) is 131 cm³/mol. The first-order chi connectivity index (χ1) is 15.2. The standard InChI is InChI=1S/C23H29FN4O3.HI/c1-2-26-23(28-10-12-30-22(16-28)21-6-4-11-29-21)27-14-17-7-8-20(19(24)13-17)31-18-5-3-9-25-15-18;/h3,5,7-9,13,15,21-22H,2,4,6,10-12,14,16H2,1H3,(H,26,27);1H. The van der Waals surface area contributed by atoms with E-state index < -0.39 is 5.82 Å². The SMILES string of the molecule is CCNC(=NCc1ccc(Oc2cccnc2)c(F)c1)N1CCOC(C2CCCO2)C1.I. The number of nitrogens with one attached hydrogen (secondary N) is 1. The Bertz CT molecular complexity index is 881. The van der Waals surface area contributed by atoms with Gasteiger partial charge in [-0.15, -0.1) is 24.0 Å². The molecule has 0 saturated carbocycles. The molecule has 32 heavy (non-hydrogen) atoms. The second-order valence-electron chi connectivity index (χ2n) is 7.63. The highest BCUT2D eigenvalue weighted by molar-refractivity contribution is 14.0. The average molecular weight is 556 g/mol. The molecule has 9 heteroatoms. The number of nitrogens with zero attached hydrogens (tertiary/aromatic N) is 3. The maximum Gasteiger partial charge on any atom is 0.194 e. The van der Waals surface area contributed by atoms with Gasteiger partial charge in [0.15, 0.2) is 17.5 Å². The van der Waals surface area contributed by atoms with Gasteiger partial charge in [-0.05, 0) is 49.6 Å². The van der Waals surface area contributed by atoms with Gasteiger partial charge in [0.2, 0.25) is 0 Å². The smallest absolute Gasteiger partial charge is 0.194 e. The molecule has 0 spiro atoms. The first-order valence-electron chi connectivity index (χ1n) is 10.9. The summed E-state index contributed by atoms with van der Waals surface area (Å²) in [5.41, 5.74) is 0.773. The van der Waals surface area contributed by atoms with E-state index in [1.54, 1.807) is 30.6 Å². The van der Waals surface area contributed by atoms with E-state index in [2.05, 4.69) is 15.2 Å². The van der Waals surface area contributed by atoms with E-state index in [9.17, 15) is 4.39 Å². The van der Waals surface area contributed by atoms with Gasteiger partial charge >= 0.3 is 0 Å². The van der Waals surface area contributed by atoms with Crippen molar-refractivity contribution in [1.29, 1.82) is 0 Å². The largest absolute Gasteiger partial charge is 0.453 e. The minimum atomic E-state index is -0.425. The molecule has 1 N–H and O–H groups in total. The third-order valence-corrected chi connectivity index (χ3v) is 5.38. The van der Waals surface area contributed by atoms with Crippen LogP contribution in [0.5, 0.6) is 11.5 Å². The monoisotopic (exact) mass is 556 g/mol. The maximum atomic E-state index is 14.5. The van der Waals surface area contributed by atoms with E-state index >= 15 is 0 Å². The minimum absolute atomic E-state index is 0. The molecule has 2 saturated heterocycles. The van der Waals surface area contributed by atoms with Gasteiger partial charge in [-0.3, -0.25) is 4.98 Å². The molecular formula is C23H30FIN4O3. The van der Waals surface area contributed by atoms with Crippen molar-refractivity contribution in [2.45, 2.75) is 38.5 Å². The summed E-state index contributed by atoms with van der Waals surface area (Å²) in [6.07, 6.45) is 5.54. The zero-order valence-corrected chi connectivity index (χ0v) is 20.5. The number of aliphatic imine (C=N–C) groups is 1. The van der Waals surface area contributed by atoms with E-state index in [-0.39, 0.29) is 41.9 Å². The lowest BCUT2D eigenvalue weighted by molar-refractivity contribution is -0.0817. The summed E-state index contributed by atoms with van der Waals surface area (Å²) >= 11 is 0. The van der Waals surface area contributed by atoms with Crippen LogP contribution in [0.15, 0.2) is 47.7 Å². The van der Waals surface area contributed by atoms with Gasteiger partial charge in [-0.2, -0.15) is 0 Å². The molecule has 2 aliphatic heterocycles. The number of pyridine rings is 1. The summed E-state index contributed by atoms with van der Waals surface area (Å²) < 4.78 is 31.9. The second-order valence-corrected chi connectivity index (χ2v) is 7.63.